The van der Waals surface area contributed by atoms with Crippen LogP contribution < -0.4 is 5.32 Å². The summed E-state index contributed by atoms with van der Waals surface area (Å²) in [5.41, 5.74) is 2.12. The van der Waals surface area contributed by atoms with E-state index in [4.69, 9.17) is 0 Å². The molecule has 0 atom stereocenters. The smallest absolute Gasteiger partial charge is 0.113 e. The van der Waals surface area contributed by atoms with E-state index in [1.165, 1.54) is 12.8 Å². The summed E-state index contributed by atoms with van der Waals surface area (Å²) in [5, 5.41) is 11.8. The van der Waals surface area contributed by atoms with Gasteiger partial charge in [-0.1, -0.05) is 37.6 Å². The molecule has 0 bridgehead atoms. The second-order valence-corrected chi connectivity index (χ2v) is 4.97. The third-order valence-electron chi connectivity index (χ3n) is 3.02. The summed E-state index contributed by atoms with van der Waals surface area (Å²) in [6.45, 7) is 6.43. The molecule has 0 aliphatic carbocycles. The number of aryl methyl sites for hydroxylation is 1. The van der Waals surface area contributed by atoms with Crippen LogP contribution in [0, 0.1) is 0 Å². The first-order valence-electron chi connectivity index (χ1n) is 6.79. The summed E-state index contributed by atoms with van der Waals surface area (Å²) in [4.78, 5) is 0. The van der Waals surface area contributed by atoms with Crippen molar-refractivity contribution in [3.8, 4) is 0 Å². The van der Waals surface area contributed by atoms with Gasteiger partial charge in [0.25, 0.3) is 0 Å². The topological polar surface area (TPSA) is 42.7 Å². The first kappa shape index (κ1) is 13.0. The molecule has 0 saturated carbocycles. The quantitative estimate of drug-likeness (QED) is 0.764. The van der Waals surface area contributed by atoms with Crippen molar-refractivity contribution in [1.82, 2.24) is 20.3 Å². The lowest BCUT2D eigenvalue weighted by Crippen LogP contribution is -2.23. The van der Waals surface area contributed by atoms with E-state index in [2.05, 4.69) is 35.5 Å². The van der Waals surface area contributed by atoms with Crippen molar-refractivity contribution >= 4 is 11.0 Å². The van der Waals surface area contributed by atoms with Gasteiger partial charge in [-0.05, 0) is 31.5 Å². The van der Waals surface area contributed by atoms with Crippen LogP contribution >= 0.6 is 0 Å². The van der Waals surface area contributed by atoms with Crippen molar-refractivity contribution in [3.05, 3.63) is 24.3 Å². The molecule has 4 heteroatoms. The van der Waals surface area contributed by atoms with Gasteiger partial charge in [0.15, 0.2) is 0 Å². The summed E-state index contributed by atoms with van der Waals surface area (Å²) in [6.07, 6.45) is 3.62. The molecular weight excluding hydrogens is 224 g/mol. The average molecular weight is 246 g/mol. The van der Waals surface area contributed by atoms with Crippen LogP contribution in [-0.2, 0) is 6.54 Å². The molecule has 0 radical (unpaired) electrons. The molecule has 98 valence electrons. The number of aromatic nitrogens is 3. The fourth-order valence-corrected chi connectivity index (χ4v) is 2.04. The first-order chi connectivity index (χ1) is 8.77. The number of unbranched alkanes of at least 4 members (excludes halogenated alkanes) is 2. The van der Waals surface area contributed by atoms with Gasteiger partial charge in [0, 0.05) is 12.6 Å². The number of hydrogen-bond donors (Lipinski definition) is 1. The average Bonchev–Trinajstić information content (AvgIpc) is 2.77. The van der Waals surface area contributed by atoms with E-state index >= 15 is 0 Å². The zero-order chi connectivity index (χ0) is 12.8. The van der Waals surface area contributed by atoms with Crippen LogP contribution in [0.2, 0.25) is 0 Å². The highest BCUT2D eigenvalue weighted by molar-refractivity contribution is 5.73. The number of benzene rings is 1. The zero-order valence-electron chi connectivity index (χ0n) is 11.3. The van der Waals surface area contributed by atoms with E-state index in [0.29, 0.717) is 6.04 Å². The number of hydrogen-bond acceptors (Lipinski definition) is 3. The molecule has 0 amide bonds. The highest BCUT2D eigenvalue weighted by atomic mass is 15.4. The molecule has 0 unspecified atom stereocenters. The number of nitrogens with zero attached hydrogens (tertiary/aromatic N) is 3. The van der Waals surface area contributed by atoms with Crippen molar-refractivity contribution in [3.63, 3.8) is 0 Å². The van der Waals surface area contributed by atoms with Gasteiger partial charge in [0.05, 0.1) is 5.52 Å². The van der Waals surface area contributed by atoms with Gasteiger partial charge < -0.3 is 5.32 Å². The standard InChI is InChI=1S/C14H22N4/c1-12(2)15-10-6-3-7-11-18-14-9-5-4-8-13(14)16-17-18/h4-5,8-9,12,15H,3,6-7,10-11H2,1-2H3. The Morgan fingerprint density at radius 1 is 1.17 bits per heavy atom. The summed E-state index contributed by atoms with van der Waals surface area (Å²) in [7, 11) is 0. The van der Waals surface area contributed by atoms with Crippen LogP contribution in [0.3, 0.4) is 0 Å². The lowest BCUT2D eigenvalue weighted by Gasteiger charge is -2.07. The minimum atomic E-state index is 0.587. The van der Waals surface area contributed by atoms with Crippen LogP contribution in [-0.4, -0.2) is 27.6 Å². The fraction of sp³-hybridized carbons (Fsp3) is 0.571. The van der Waals surface area contributed by atoms with Crippen LogP contribution in [0.1, 0.15) is 33.1 Å². The van der Waals surface area contributed by atoms with Crippen molar-refractivity contribution in [2.24, 2.45) is 0 Å². The second kappa shape index (κ2) is 6.50. The van der Waals surface area contributed by atoms with Crippen LogP contribution in [0.4, 0.5) is 0 Å². The van der Waals surface area contributed by atoms with Gasteiger partial charge >= 0.3 is 0 Å². The maximum atomic E-state index is 4.19. The number of nitrogens with one attached hydrogen (secondary N) is 1. The largest absolute Gasteiger partial charge is 0.315 e. The van der Waals surface area contributed by atoms with E-state index < -0.39 is 0 Å². The first-order valence-corrected chi connectivity index (χ1v) is 6.79. The molecule has 2 aromatic rings. The number of rotatable bonds is 7. The molecule has 1 heterocycles. The Morgan fingerprint density at radius 3 is 2.83 bits per heavy atom. The Morgan fingerprint density at radius 2 is 2.00 bits per heavy atom. The lowest BCUT2D eigenvalue weighted by molar-refractivity contribution is 0.511. The highest BCUT2D eigenvalue weighted by Gasteiger charge is 2.02. The van der Waals surface area contributed by atoms with Gasteiger partial charge in [-0.2, -0.15) is 0 Å². The highest BCUT2D eigenvalue weighted by Crippen LogP contribution is 2.10. The Bertz CT molecular complexity index is 475. The molecule has 4 nitrogen and oxygen atoms in total. The molecule has 0 aliphatic heterocycles. The van der Waals surface area contributed by atoms with Crippen molar-refractivity contribution < 1.29 is 0 Å². The molecule has 1 aromatic heterocycles. The summed E-state index contributed by atoms with van der Waals surface area (Å²) < 4.78 is 2.01. The predicted octanol–water partition coefficient (Wildman–Crippen LogP) is 2.60. The van der Waals surface area contributed by atoms with Gasteiger partial charge in [-0.3, -0.25) is 0 Å². The Labute approximate surface area is 108 Å². The van der Waals surface area contributed by atoms with E-state index in [1.54, 1.807) is 0 Å². The maximum Gasteiger partial charge on any atom is 0.113 e. The number of fused-ring (bicyclic) bond motifs is 1. The molecule has 0 aliphatic rings. The third-order valence-corrected chi connectivity index (χ3v) is 3.02. The second-order valence-electron chi connectivity index (χ2n) is 4.97. The lowest BCUT2D eigenvalue weighted by atomic mass is 10.2. The Hall–Kier alpha value is -1.42. The van der Waals surface area contributed by atoms with Crippen LogP contribution in [0.15, 0.2) is 24.3 Å². The van der Waals surface area contributed by atoms with Gasteiger partial charge in [-0.25, -0.2) is 4.68 Å². The Balaban J connectivity index is 1.74. The number of para-hydroxylation sites is 1. The SMILES string of the molecule is CC(C)NCCCCCn1nnc2ccccc21. The van der Waals surface area contributed by atoms with E-state index in [9.17, 15) is 0 Å². The molecule has 0 fully saturated rings. The monoisotopic (exact) mass is 246 g/mol. The molecule has 0 saturated heterocycles. The third kappa shape index (κ3) is 3.53. The normalized spacial score (nSPS) is 11.5. The van der Waals surface area contributed by atoms with Crippen LogP contribution in [0.5, 0.6) is 0 Å². The molecule has 18 heavy (non-hydrogen) atoms. The van der Waals surface area contributed by atoms with E-state index in [-0.39, 0.29) is 0 Å². The predicted molar refractivity (Wildman–Crippen MR) is 74.5 cm³/mol. The van der Waals surface area contributed by atoms with Crippen molar-refractivity contribution in [2.45, 2.75) is 45.7 Å². The minimum absolute atomic E-state index is 0.587. The van der Waals surface area contributed by atoms with Crippen molar-refractivity contribution in [2.75, 3.05) is 6.54 Å². The molecule has 1 N–H and O–H groups in total. The van der Waals surface area contributed by atoms with Crippen molar-refractivity contribution in [1.29, 1.82) is 0 Å². The van der Waals surface area contributed by atoms with Gasteiger partial charge in [0.2, 0.25) is 0 Å². The zero-order valence-corrected chi connectivity index (χ0v) is 11.3. The van der Waals surface area contributed by atoms with Gasteiger partial charge in [-0.15, -0.1) is 5.10 Å². The summed E-state index contributed by atoms with van der Waals surface area (Å²) in [6, 6.07) is 8.71. The molecule has 2 rings (SSSR count). The molecule has 1 aromatic carbocycles. The fourth-order valence-electron chi connectivity index (χ4n) is 2.04. The molecule has 0 spiro atoms. The Kier molecular flexibility index (Phi) is 4.70. The van der Waals surface area contributed by atoms with Crippen LogP contribution in [0.25, 0.3) is 11.0 Å². The minimum Gasteiger partial charge on any atom is -0.315 e. The van der Waals surface area contributed by atoms with E-state index in [1.807, 2.05) is 22.9 Å². The maximum absolute atomic E-state index is 4.19. The molecular formula is C14H22N4. The summed E-state index contributed by atoms with van der Waals surface area (Å²) >= 11 is 0. The van der Waals surface area contributed by atoms with Gasteiger partial charge in [0.1, 0.15) is 5.52 Å². The summed E-state index contributed by atoms with van der Waals surface area (Å²) in [5.74, 6) is 0. The van der Waals surface area contributed by atoms with E-state index in [0.717, 1.165) is 30.5 Å².